The van der Waals surface area contributed by atoms with Crippen molar-refractivity contribution in [2.75, 3.05) is 25.5 Å². The summed E-state index contributed by atoms with van der Waals surface area (Å²) in [4.78, 5) is 41.3. The molecule has 0 radical (unpaired) electrons. The third-order valence-electron chi connectivity index (χ3n) is 5.50. The molecule has 3 aromatic rings. The summed E-state index contributed by atoms with van der Waals surface area (Å²) in [6.45, 7) is 0.501. The van der Waals surface area contributed by atoms with Gasteiger partial charge in [0.05, 0.1) is 6.20 Å². The van der Waals surface area contributed by atoms with Crippen LogP contribution in [-0.4, -0.2) is 53.2 Å². The topological polar surface area (TPSA) is 109 Å². The Kier molecular flexibility index (Phi) is 6.69. The average molecular weight is 466 g/mol. The molecule has 0 unspecified atom stereocenters. The van der Waals surface area contributed by atoms with Crippen molar-refractivity contribution in [3.05, 3.63) is 70.7 Å². The number of ether oxygens (including phenoxy) is 1. The second kappa shape index (κ2) is 9.83. The Balaban J connectivity index is 1.34. The van der Waals surface area contributed by atoms with Gasteiger partial charge in [-0.2, -0.15) is 0 Å². The molecule has 9 heteroatoms. The van der Waals surface area contributed by atoms with Crippen LogP contribution in [0.2, 0.25) is 0 Å². The molecule has 0 aliphatic heterocycles. The van der Waals surface area contributed by atoms with Crippen LogP contribution >= 0.6 is 11.3 Å². The molecule has 2 amide bonds. The number of hydrogen-bond acceptors (Lipinski definition) is 6. The summed E-state index contributed by atoms with van der Waals surface area (Å²) in [6.07, 6.45) is 1.11. The van der Waals surface area contributed by atoms with E-state index in [9.17, 15) is 14.4 Å². The molecule has 1 aromatic heterocycles. The van der Waals surface area contributed by atoms with Gasteiger partial charge in [-0.25, -0.2) is 9.78 Å². The molecule has 2 N–H and O–H groups in total. The number of nitrogens with zero attached hydrogens (tertiary/aromatic N) is 2. The first-order valence-corrected chi connectivity index (χ1v) is 11.3. The second-order valence-electron chi connectivity index (χ2n) is 7.70. The summed E-state index contributed by atoms with van der Waals surface area (Å²) < 4.78 is 5.50. The van der Waals surface area contributed by atoms with Gasteiger partial charge >= 0.3 is 12.1 Å². The second-order valence-corrected chi connectivity index (χ2v) is 8.73. The number of carboxylic acid groups (broad SMARTS) is 1. The highest BCUT2D eigenvalue weighted by Gasteiger charge is 2.29. The van der Waals surface area contributed by atoms with Crippen LogP contribution in [-0.2, 0) is 9.53 Å². The van der Waals surface area contributed by atoms with Crippen LogP contribution in [0.15, 0.2) is 54.7 Å². The van der Waals surface area contributed by atoms with Crippen molar-refractivity contribution >= 4 is 34.4 Å². The first-order valence-electron chi connectivity index (χ1n) is 10.5. The number of amides is 2. The molecule has 2 aromatic carbocycles. The Bertz CT molecular complexity index is 1150. The van der Waals surface area contributed by atoms with Gasteiger partial charge in [0.1, 0.15) is 11.5 Å². The van der Waals surface area contributed by atoms with E-state index in [0.29, 0.717) is 17.8 Å². The number of carbonyl (C=O) groups excluding carboxylic acids is 2. The fourth-order valence-electron chi connectivity index (χ4n) is 3.91. The summed E-state index contributed by atoms with van der Waals surface area (Å²) in [5.41, 5.74) is 4.55. The minimum atomic E-state index is -0.900. The highest BCUT2D eigenvalue weighted by atomic mass is 32.1. The molecule has 1 heterocycles. The van der Waals surface area contributed by atoms with Gasteiger partial charge in [0.2, 0.25) is 0 Å². The van der Waals surface area contributed by atoms with E-state index in [4.69, 9.17) is 9.84 Å². The number of carboxylic acids is 1. The zero-order valence-corrected chi connectivity index (χ0v) is 18.8. The summed E-state index contributed by atoms with van der Waals surface area (Å²) in [5.74, 6) is -1.22. The molecule has 0 fully saturated rings. The number of aliphatic carboxylic acids is 1. The van der Waals surface area contributed by atoms with Gasteiger partial charge in [-0.3, -0.25) is 14.9 Å². The molecule has 8 nitrogen and oxygen atoms in total. The molecule has 33 heavy (non-hydrogen) atoms. The van der Waals surface area contributed by atoms with Crippen LogP contribution in [0.3, 0.4) is 0 Å². The van der Waals surface area contributed by atoms with E-state index in [1.54, 1.807) is 7.05 Å². The molecular weight excluding hydrogens is 442 g/mol. The molecular formula is C24H23N3O5S. The van der Waals surface area contributed by atoms with Gasteiger partial charge < -0.3 is 14.7 Å². The lowest BCUT2D eigenvalue weighted by atomic mass is 9.98. The minimum absolute atomic E-state index is 0.00506. The van der Waals surface area contributed by atoms with Crippen LogP contribution in [0.5, 0.6) is 0 Å². The van der Waals surface area contributed by atoms with Crippen molar-refractivity contribution in [3.8, 4) is 11.1 Å². The van der Waals surface area contributed by atoms with E-state index in [0.717, 1.165) is 33.6 Å². The zero-order valence-electron chi connectivity index (χ0n) is 18.0. The number of anilines is 1. The summed E-state index contributed by atoms with van der Waals surface area (Å²) in [5, 5.41) is 11.6. The standard InChI is InChI=1S/C24H23N3O5S/c1-27(12-6-11-21(28)29)22(30)20-13-25-23(33-20)26-24(31)32-14-19-17-9-4-2-7-15(17)16-8-3-5-10-18(16)19/h2-5,7-10,13,19H,6,11-12,14H2,1H3,(H,28,29)(H,25,26,31). The van der Waals surface area contributed by atoms with E-state index in [1.165, 1.54) is 11.1 Å². The van der Waals surface area contributed by atoms with E-state index >= 15 is 0 Å². The van der Waals surface area contributed by atoms with Gasteiger partial charge in [-0.15, -0.1) is 0 Å². The molecule has 1 aliphatic carbocycles. The number of thiazole rings is 1. The molecule has 4 rings (SSSR count). The Morgan fingerprint density at radius 3 is 2.36 bits per heavy atom. The van der Waals surface area contributed by atoms with Gasteiger partial charge in [-0.1, -0.05) is 59.9 Å². The number of benzene rings is 2. The van der Waals surface area contributed by atoms with Crippen LogP contribution in [0, 0.1) is 0 Å². The summed E-state index contributed by atoms with van der Waals surface area (Å²) >= 11 is 1.04. The van der Waals surface area contributed by atoms with Crippen molar-refractivity contribution in [2.24, 2.45) is 0 Å². The van der Waals surface area contributed by atoms with E-state index in [-0.39, 0.29) is 30.0 Å². The normalized spacial score (nSPS) is 12.0. The fraction of sp³-hybridized carbons (Fsp3) is 0.250. The Morgan fingerprint density at radius 1 is 1.09 bits per heavy atom. The monoisotopic (exact) mass is 465 g/mol. The molecule has 0 atom stereocenters. The zero-order chi connectivity index (χ0) is 23.4. The Morgan fingerprint density at radius 2 is 1.73 bits per heavy atom. The molecule has 1 aliphatic rings. The van der Waals surface area contributed by atoms with Crippen molar-refractivity contribution in [2.45, 2.75) is 18.8 Å². The molecule has 0 saturated heterocycles. The Labute approximate surface area is 194 Å². The predicted octanol–water partition coefficient (Wildman–Crippen LogP) is 4.44. The maximum Gasteiger partial charge on any atom is 0.413 e. The van der Waals surface area contributed by atoms with Crippen LogP contribution in [0.4, 0.5) is 9.93 Å². The largest absolute Gasteiger partial charge is 0.481 e. The minimum Gasteiger partial charge on any atom is -0.481 e. The molecule has 0 spiro atoms. The maximum atomic E-state index is 12.5. The van der Waals surface area contributed by atoms with Crippen molar-refractivity contribution in [1.82, 2.24) is 9.88 Å². The first kappa shape index (κ1) is 22.5. The number of hydrogen-bond donors (Lipinski definition) is 2. The quantitative estimate of drug-likeness (QED) is 0.509. The highest BCUT2D eigenvalue weighted by molar-refractivity contribution is 7.17. The first-order chi connectivity index (χ1) is 15.9. The van der Waals surface area contributed by atoms with Crippen molar-refractivity contribution in [3.63, 3.8) is 0 Å². The van der Waals surface area contributed by atoms with Gasteiger partial charge in [0, 0.05) is 25.9 Å². The van der Waals surface area contributed by atoms with Gasteiger partial charge in [0.25, 0.3) is 5.91 Å². The number of aromatic nitrogens is 1. The fourth-order valence-corrected chi connectivity index (χ4v) is 4.71. The maximum absolute atomic E-state index is 12.5. The number of nitrogens with one attached hydrogen (secondary N) is 1. The summed E-state index contributed by atoms with van der Waals surface area (Å²) in [7, 11) is 1.60. The van der Waals surface area contributed by atoms with Crippen LogP contribution in [0.25, 0.3) is 11.1 Å². The van der Waals surface area contributed by atoms with Gasteiger partial charge in [-0.05, 0) is 28.7 Å². The SMILES string of the molecule is CN(CCCC(=O)O)C(=O)c1cnc(NC(=O)OCC2c3ccccc3-c3ccccc32)s1. The highest BCUT2D eigenvalue weighted by Crippen LogP contribution is 2.44. The number of rotatable bonds is 8. The van der Waals surface area contributed by atoms with Crippen LogP contribution < -0.4 is 5.32 Å². The van der Waals surface area contributed by atoms with Crippen LogP contribution in [0.1, 0.15) is 39.6 Å². The van der Waals surface area contributed by atoms with Crippen molar-refractivity contribution in [1.29, 1.82) is 0 Å². The predicted molar refractivity (Wildman–Crippen MR) is 125 cm³/mol. The number of carbonyl (C=O) groups is 3. The third-order valence-corrected chi connectivity index (χ3v) is 6.40. The molecule has 0 bridgehead atoms. The molecule has 0 saturated carbocycles. The van der Waals surface area contributed by atoms with E-state index in [2.05, 4.69) is 22.4 Å². The van der Waals surface area contributed by atoms with Crippen molar-refractivity contribution < 1.29 is 24.2 Å². The molecule has 170 valence electrons. The van der Waals surface area contributed by atoms with Gasteiger partial charge in [0.15, 0.2) is 5.13 Å². The smallest absolute Gasteiger partial charge is 0.413 e. The van der Waals surface area contributed by atoms with E-state index < -0.39 is 12.1 Å². The summed E-state index contributed by atoms with van der Waals surface area (Å²) in [6, 6.07) is 16.2. The van der Waals surface area contributed by atoms with E-state index in [1.807, 2.05) is 36.4 Å². The number of fused-ring (bicyclic) bond motifs is 3. The third kappa shape index (κ3) is 5.04. The average Bonchev–Trinajstić information content (AvgIpc) is 3.39. The Hall–Kier alpha value is -3.72. The lowest BCUT2D eigenvalue weighted by Gasteiger charge is -2.15. The lowest BCUT2D eigenvalue weighted by Crippen LogP contribution is -2.27. The lowest BCUT2D eigenvalue weighted by molar-refractivity contribution is -0.137.